The fraction of sp³-hybridized carbons (Fsp3) is 0.211. The Hall–Kier alpha value is -3.24. The molecule has 0 saturated carbocycles. The third-order valence-electron chi connectivity index (χ3n) is 4.60. The molecule has 4 rings (SSSR count). The van der Waals surface area contributed by atoms with Crippen LogP contribution in [0.15, 0.2) is 30.3 Å². The van der Waals surface area contributed by atoms with Crippen LogP contribution in [-0.2, 0) is 5.66 Å². The van der Waals surface area contributed by atoms with Crippen molar-refractivity contribution in [2.45, 2.75) is 12.6 Å². The van der Waals surface area contributed by atoms with Gasteiger partial charge in [0.1, 0.15) is 28.9 Å². The Morgan fingerprint density at radius 3 is 2.33 bits per heavy atom. The van der Waals surface area contributed by atoms with Crippen LogP contribution in [0.1, 0.15) is 18.1 Å². The maximum atomic E-state index is 9.61. The Balaban J connectivity index is 1.98. The van der Waals surface area contributed by atoms with Gasteiger partial charge in [0.05, 0.1) is 19.6 Å². The van der Waals surface area contributed by atoms with Crippen LogP contribution in [0.5, 0.6) is 11.8 Å². The number of rotatable bonds is 3. The molecule has 0 radical (unpaired) electrons. The SMILES string of the molecule is COc1cc2c(C#N)c(OC)nc3c2c(n1)NC(C)(c1ccc(Cl)cc1)N3. The van der Waals surface area contributed by atoms with Gasteiger partial charge >= 0.3 is 0 Å². The van der Waals surface area contributed by atoms with Crippen LogP contribution in [0, 0.1) is 11.3 Å². The van der Waals surface area contributed by atoms with Crippen LogP contribution < -0.4 is 20.1 Å². The van der Waals surface area contributed by atoms with Crippen molar-refractivity contribution in [1.82, 2.24) is 9.97 Å². The largest absolute Gasteiger partial charge is 0.481 e. The molecule has 2 aromatic heterocycles. The molecule has 0 bridgehead atoms. The molecule has 1 aromatic carbocycles. The molecule has 1 atom stereocenters. The van der Waals surface area contributed by atoms with Crippen LogP contribution in [0.2, 0.25) is 5.02 Å². The normalized spacial score (nSPS) is 17.6. The first-order valence-corrected chi connectivity index (χ1v) is 8.56. The minimum absolute atomic E-state index is 0.243. The molecule has 1 aliphatic heterocycles. The highest BCUT2D eigenvalue weighted by atomic mass is 35.5. The first kappa shape index (κ1) is 17.2. The van der Waals surface area contributed by atoms with E-state index < -0.39 is 5.66 Å². The molecule has 3 aromatic rings. The Labute approximate surface area is 160 Å². The quantitative estimate of drug-likeness (QED) is 0.711. The van der Waals surface area contributed by atoms with Crippen molar-refractivity contribution in [2.24, 2.45) is 0 Å². The van der Waals surface area contributed by atoms with Crippen LogP contribution >= 0.6 is 11.6 Å². The Kier molecular flexibility index (Phi) is 3.93. The maximum Gasteiger partial charge on any atom is 0.234 e. The first-order chi connectivity index (χ1) is 13.0. The van der Waals surface area contributed by atoms with Crippen LogP contribution in [0.25, 0.3) is 10.8 Å². The molecule has 0 amide bonds. The third kappa shape index (κ3) is 2.66. The number of ether oxygens (including phenoxy) is 2. The zero-order valence-corrected chi connectivity index (χ0v) is 15.7. The minimum Gasteiger partial charge on any atom is -0.481 e. The number of nitrogens with zero attached hydrogens (tertiary/aromatic N) is 3. The fourth-order valence-corrected chi connectivity index (χ4v) is 3.39. The number of hydrogen-bond donors (Lipinski definition) is 2. The van der Waals surface area contributed by atoms with Gasteiger partial charge in [-0.05, 0) is 24.6 Å². The maximum absolute atomic E-state index is 9.61. The molecule has 8 heteroatoms. The lowest BCUT2D eigenvalue weighted by Gasteiger charge is -2.38. The van der Waals surface area contributed by atoms with Gasteiger partial charge in [0.25, 0.3) is 0 Å². The molecule has 27 heavy (non-hydrogen) atoms. The number of pyridine rings is 2. The summed E-state index contributed by atoms with van der Waals surface area (Å²) in [6.45, 7) is 1.97. The number of halogens is 1. The van der Waals surface area contributed by atoms with E-state index >= 15 is 0 Å². The first-order valence-electron chi connectivity index (χ1n) is 8.18. The molecule has 0 saturated heterocycles. The van der Waals surface area contributed by atoms with Crippen molar-refractivity contribution in [3.63, 3.8) is 0 Å². The van der Waals surface area contributed by atoms with E-state index in [9.17, 15) is 5.26 Å². The summed E-state index contributed by atoms with van der Waals surface area (Å²) in [6.07, 6.45) is 0. The van der Waals surface area contributed by atoms with E-state index in [1.165, 1.54) is 14.2 Å². The van der Waals surface area contributed by atoms with Gasteiger partial charge in [-0.1, -0.05) is 23.7 Å². The Morgan fingerprint density at radius 1 is 1.07 bits per heavy atom. The summed E-state index contributed by atoms with van der Waals surface area (Å²) in [5.41, 5.74) is 0.577. The standard InChI is InChI=1S/C19H16ClN5O2/c1-19(10-4-6-11(20)7-5-10)24-16-15-12(8-14(22-16)26-2)13(9-21)18(27-3)23-17(15)25-19/h4-8H,1-3H3,(H,22,24)(H,23,25). The molecule has 3 heterocycles. The number of aromatic nitrogens is 2. The van der Waals surface area contributed by atoms with Crippen molar-refractivity contribution in [3.8, 4) is 17.8 Å². The molecule has 136 valence electrons. The van der Waals surface area contributed by atoms with E-state index in [1.807, 2.05) is 31.2 Å². The highest BCUT2D eigenvalue weighted by molar-refractivity contribution is 6.30. The third-order valence-corrected chi connectivity index (χ3v) is 4.85. The zero-order chi connectivity index (χ0) is 19.2. The zero-order valence-electron chi connectivity index (χ0n) is 14.9. The summed E-state index contributed by atoms with van der Waals surface area (Å²) in [7, 11) is 3.02. The predicted molar refractivity (Wildman–Crippen MR) is 103 cm³/mol. The van der Waals surface area contributed by atoms with Gasteiger partial charge in [-0.3, -0.25) is 0 Å². The van der Waals surface area contributed by atoms with Gasteiger partial charge < -0.3 is 20.1 Å². The van der Waals surface area contributed by atoms with Crippen molar-refractivity contribution >= 4 is 34.0 Å². The average molecular weight is 382 g/mol. The lowest BCUT2D eigenvalue weighted by atomic mass is 9.97. The number of nitriles is 1. The van der Waals surface area contributed by atoms with Gasteiger partial charge in [-0.2, -0.15) is 15.2 Å². The number of anilines is 2. The fourth-order valence-electron chi connectivity index (χ4n) is 3.26. The predicted octanol–water partition coefficient (Wildman–Crippen LogP) is 3.88. The van der Waals surface area contributed by atoms with Crippen molar-refractivity contribution < 1.29 is 9.47 Å². The highest BCUT2D eigenvalue weighted by Gasteiger charge is 2.35. The van der Waals surface area contributed by atoms with E-state index in [1.54, 1.807) is 6.07 Å². The number of hydrogen-bond acceptors (Lipinski definition) is 7. The second-order valence-electron chi connectivity index (χ2n) is 6.27. The van der Waals surface area contributed by atoms with Gasteiger partial charge in [-0.15, -0.1) is 0 Å². The van der Waals surface area contributed by atoms with Gasteiger partial charge in [-0.25, -0.2) is 0 Å². The summed E-state index contributed by atoms with van der Waals surface area (Å²) < 4.78 is 10.7. The van der Waals surface area contributed by atoms with Gasteiger partial charge in [0.15, 0.2) is 0 Å². The average Bonchev–Trinajstić information content (AvgIpc) is 2.67. The lowest BCUT2D eigenvalue weighted by Crippen LogP contribution is -2.43. The van der Waals surface area contributed by atoms with Crippen LogP contribution in [0.4, 0.5) is 11.6 Å². The van der Waals surface area contributed by atoms with E-state index in [0.717, 1.165) is 5.56 Å². The topological polar surface area (TPSA) is 92.1 Å². The van der Waals surface area contributed by atoms with Crippen molar-refractivity contribution in [3.05, 3.63) is 46.5 Å². The number of nitrogens with one attached hydrogen (secondary N) is 2. The molecule has 0 aliphatic carbocycles. The summed E-state index contributed by atoms with van der Waals surface area (Å²) in [5, 5.41) is 18.4. The molecular formula is C19H16ClN5O2. The van der Waals surface area contributed by atoms with E-state index in [2.05, 4.69) is 26.7 Å². The minimum atomic E-state index is -0.698. The monoisotopic (exact) mass is 381 g/mol. The second kappa shape index (κ2) is 6.18. The van der Waals surface area contributed by atoms with Gasteiger partial charge in [0.2, 0.25) is 11.8 Å². The molecule has 0 fully saturated rings. The summed E-state index contributed by atoms with van der Waals surface area (Å²) in [6, 6.07) is 11.4. The Bertz CT molecular complexity index is 1080. The number of benzene rings is 1. The smallest absolute Gasteiger partial charge is 0.234 e. The van der Waals surface area contributed by atoms with Crippen molar-refractivity contribution in [1.29, 1.82) is 5.26 Å². The van der Waals surface area contributed by atoms with E-state index in [-0.39, 0.29) is 5.88 Å². The summed E-state index contributed by atoms with van der Waals surface area (Å²) in [4.78, 5) is 9.04. The van der Waals surface area contributed by atoms with Crippen LogP contribution in [-0.4, -0.2) is 24.2 Å². The van der Waals surface area contributed by atoms with E-state index in [4.69, 9.17) is 21.1 Å². The molecule has 7 nitrogen and oxygen atoms in total. The number of methoxy groups -OCH3 is 2. The lowest BCUT2D eigenvalue weighted by molar-refractivity contribution is 0.395. The molecule has 1 aliphatic rings. The van der Waals surface area contributed by atoms with E-state index in [0.29, 0.717) is 38.9 Å². The van der Waals surface area contributed by atoms with Gasteiger partial charge in [0, 0.05) is 16.5 Å². The summed E-state index contributed by atoms with van der Waals surface area (Å²) in [5.74, 6) is 1.78. The summed E-state index contributed by atoms with van der Waals surface area (Å²) >= 11 is 6.03. The molecular weight excluding hydrogens is 366 g/mol. The molecule has 1 unspecified atom stereocenters. The Morgan fingerprint density at radius 2 is 1.74 bits per heavy atom. The highest BCUT2D eigenvalue weighted by Crippen LogP contribution is 2.43. The van der Waals surface area contributed by atoms with Crippen LogP contribution in [0.3, 0.4) is 0 Å². The van der Waals surface area contributed by atoms with Crippen molar-refractivity contribution in [2.75, 3.05) is 24.9 Å². The second-order valence-corrected chi connectivity index (χ2v) is 6.71. The molecule has 2 N–H and O–H groups in total. The molecule has 0 spiro atoms.